The van der Waals surface area contributed by atoms with E-state index in [1.165, 1.54) is 12.1 Å². The first-order valence-electron chi connectivity index (χ1n) is 9.86. The SMILES string of the molecule is O=C(Cc1cccc([N+](=O)[O-])c1)N/N=C/c1cn(-c2ccccc2)nc1-c1ccccc1. The molecule has 4 aromatic rings. The molecule has 3 aromatic carbocycles. The number of hydrazone groups is 1. The van der Waals surface area contributed by atoms with Crippen molar-refractivity contribution in [1.82, 2.24) is 15.2 Å². The maximum Gasteiger partial charge on any atom is 0.269 e. The molecule has 0 atom stereocenters. The van der Waals surface area contributed by atoms with Crippen molar-refractivity contribution in [2.24, 2.45) is 5.10 Å². The third-order valence-corrected chi connectivity index (χ3v) is 4.69. The molecule has 1 amide bonds. The number of aromatic nitrogens is 2. The second-order valence-electron chi connectivity index (χ2n) is 6.98. The Morgan fingerprint density at radius 1 is 1.03 bits per heavy atom. The highest BCUT2D eigenvalue weighted by atomic mass is 16.6. The van der Waals surface area contributed by atoms with Gasteiger partial charge in [-0.1, -0.05) is 60.7 Å². The van der Waals surface area contributed by atoms with Crippen LogP contribution in [0.1, 0.15) is 11.1 Å². The number of para-hydroxylation sites is 1. The number of nitrogens with zero attached hydrogens (tertiary/aromatic N) is 4. The van der Waals surface area contributed by atoms with E-state index in [4.69, 9.17) is 5.10 Å². The lowest BCUT2D eigenvalue weighted by Gasteiger charge is -2.01. The second kappa shape index (κ2) is 9.48. The smallest absolute Gasteiger partial charge is 0.269 e. The highest BCUT2D eigenvalue weighted by Gasteiger charge is 2.12. The molecule has 4 rings (SSSR count). The molecule has 1 aromatic heterocycles. The molecule has 0 bridgehead atoms. The summed E-state index contributed by atoms with van der Waals surface area (Å²) < 4.78 is 1.76. The molecule has 8 heteroatoms. The molecule has 0 aliphatic heterocycles. The van der Waals surface area contributed by atoms with E-state index in [0.717, 1.165) is 22.5 Å². The minimum Gasteiger partial charge on any atom is -0.273 e. The summed E-state index contributed by atoms with van der Waals surface area (Å²) in [7, 11) is 0. The summed E-state index contributed by atoms with van der Waals surface area (Å²) in [5.41, 5.74) is 6.24. The monoisotopic (exact) mass is 425 g/mol. The van der Waals surface area contributed by atoms with Crippen LogP contribution in [0.25, 0.3) is 16.9 Å². The van der Waals surface area contributed by atoms with Crippen LogP contribution >= 0.6 is 0 Å². The van der Waals surface area contributed by atoms with Crippen molar-refractivity contribution >= 4 is 17.8 Å². The van der Waals surface area contributed by atoms with E-state index in [9.17, 15) is 14.9 Å². The quantitative estimate of drug-likeness (QED) is 0.273. The van der Waals surface area contributed by atoms with Crippen molar-refractivity contribution in [2.75, 3.05) is 0 Å². The Labute approximate surface area is 184 Å². The Morgan fingerprint density at radius 2 is 1.75 bits per heavy atom. The summed E-state index contributed by atoms with van der Waals surface area (Å²) in [6.07, 6.45) is 3.36. The van der Waals surface area contributed by atoms with Crippen molar-refractivity contribution in [1.29, 1.82) is 0 Å². The van der Waals surface area contributed by atoms with Crippen molar-refractivity contribution in [3.63, 3.8) is 0 Å². The summed E-state index contributed by atoms with van der Waals surface area (Å²) in [4.78, 5) is 22.7. The molecule has 0 unspecified atom stereocenters. The predicted molar refractivity (Wildman–Crippen MR) is 122 cm³/mol. The summed E-state index contributed by atoms with van der Waals surface area (Å²) in [6, 6.07) is 25.4. The van der Waals surface area contributed by atoms with Gasteiger partial charge in [0.25, 0.3) is 5.69 Å². The van der Waals surface area contributed by atoms with E-state index in [0.29, 0.717) is 5.56 Å². The maximum absolute atomic E-state index is 12.2. The largest absolute Gasteiger partial charge is 0.273 e. The molecule has 0 fully saturated rings. The van der Waals surface area contributed by atoms with Gasteiger partial charge in [0.1, 0.15) is 5.69 Å². The van der Waals surface area contributed by atoms with Crippen LogP contribution in [0, 0.1) is 10.1 Å². The normalized spacial score (nSPS) is 10.9. The van der Waals surface area contributed by atoms with E-state index >= 15 is 0 Å². The number of carbonyl (C=O) groups excluding carboxylic acids is 1. The van der Waals surface area contributed by atoms with Gasteiger partial charge in [-0.2, -0.15) is 10.2 Å². The molecule has 0 saturated carbocycles. The maximum atomic E-state index is 12.2. The van der Waals surface area contributed by atoms with E-state index in [2.05, 4.69) is 10.5 Å². The molecule has 0 radical (unpaired) electrons. The number of amides is 1. The zero-order valence-electron chi connectivity index (χ0n) is 17.0. The second-order valence-corrected chi connectivity index (χ2v) is 6.98. The molecular formula is C24H19N5O3. The summed E-state index contributed by atoms with van der Waals surface area (Å²) in [6.45, 7) is 0. The molecule has 1 heterocycles. The van der Waals surface area contributed by atoms with Gasteiger partial charge in [-0.05, 0) is 17.7 Å². The number of hydrogen-bond acceptors (Lipinski definition) is 5. The molecule has 8 nitrogen and oxygen atoms in total. The number of carbonyl (C=O) groups is 1. The van der Waals surface area contributed by atoms with Crippen molar-refractivity contribution in [3.8, 4) is 16.9 Å². The first kappa shape index (κ1) is 20.7. The van der Waals surface area contributed by atoms with Crippen molar-refractivity contribution in [3.05, 3.63) is 112 Å². The topological polar surface area (TPSA) is 102 Å². The summed E-state index contributed by atoms with van der Waals surface area (Å²) >= 11 is 0. The zero-order valence-corrected chi connectivity index (χ0v) is 17.0. The number of rotatable bonds is 7. The van der Waals surface area contributed by atoms with Gasteiger partial charge in [-0.15, -0.1) is 0 Å². The van der Waals surface area contributed by atoms with E-state index in [-0.39, 0.29) is 18.0 Å². The fourth-order valence-electron chi connectivity index (χ4n) is 3.19. The van der Waals surface area contributed by atoms with Gasteiger partial charge in [0.15, 0.2) is 0 Å². The zero-order chi connectivity index (χ0) is 22.3. The van der Waals surface area contributed by atoms with Crippen LogP contribution in [0.2, 0.25) is 0 Å². The first-order chi connectivity index (χ1) is 15.6. The number of benzene rings is 3. The van der Waals surface area contributed by atoms with E-state index in [1.54, 1.807) is 23.0 Å². The third kappa shape index (κ3) is 4.93. The van der Waals surface area contributed by atoms with Crippen LogP contribution < -0.4 is 5.43 Å². The summed E-state index contributed by atoms with van der Waals surface area (Å²) in [5, 5.41) is 19.7. The van der Waals surface area contributed by atoms with Crippen LogP contribution in [0.15, 0.2) is 96.2 Å². The molecule has 0 spiro atoms. The third-order valence-electron chi connectivity index (χ3n) is 4.69. The minimum absolute atomic E-state index is 0.0200. The number of non-ortho nitro benzene ring substituents is 1. The molecule has 1 N–H and O–H groups in total. The number of nitro benzene ring substituents is 1. The lowest BCUT2D eigenvalue weighted by Crippen LogP contribution is -2.19. The van der Waals surface area contributed by atoms with E-state index < -0.39 is 4.92 Å². The van der Waals surface area contributed by atoms with Gasteiger partial charge in [0.2, 0.25) is 5.91 Å². The molecule has 32 heavy (non-hydrogen) atoms. The minimum atomic E-state index is -0.491. The number of nitrogens with one attached hydrogen (secondary N) is 1. The van der Waals surface area contributed by atoms with Gasteiger partial charge in [-0.3, -0.25) is 14.9 Å². The van der Waals surface area contributed by atoms with Gasteiger partial charge >= 0.3 is 0 Å². The van der Waals surface area contributed by atoms with Crippen LogP contribution in [0.5, 0.6) is 0 Å². The Morgan fingerprint density at radius 3 is 2.47 bits per heavy atom. The predicted octanol–water partition coefficient (Wildman–Crippen LogP) is 4.14. The van der Waals surface area contributed by atoms with Gasteiger partial charge < -0.3 is 0 Å². The molecular weight excluding hydrogens is 406 g/mol. The average Bonchev–Trinajstić information content (AvgIpc) is 3.24. The Bertz CT molecular complexity index is 1270. The van der Waals surface area contributed by atoms with Gasteiger partial charge in [0.05, 0.1) is 23.2 Å². The highest BCUT2D eigenvalue weighted by Crippen LogP contribution is 2.22. The van der Waals surface area contributed by atoms with Crippen LogP contribution in [0.3, 0.4) is 0 Å². The van der Waals surface area contributed by atoms with Crippen molar-refractivity contribution in [2.45, 2.75) is 6.42 Å². The Hall–Kier alpha value is -4.59. The number of nitro groups is 1. The average molecular weight is 425 g/mol. The first-order valence-corrected chi connectivity index (χ1v) is 9.86. The fraction of sp³-hybridized carbons (Fsp3) is 0.0417. The molecule has 0 aliphatic carbocycles. The Balaban J connectivity index is 1.53. The lowest BCUT2D eigenvalue weighted by atomic mass is 10.1. The van der Waals surface area contributed by atoms with Gasteiger partial charge in [-0.25, -0.2) is 10.1 Å². The van der Waals surface area contributed by atoms with Crippen LogP contribution in [-0.4, -0.2) is 26.8 Å². The number of hydrogen-bond donors (Lipinski definition) is 1. The van der Waals surface area contributed by atoms with E-state index in [1.807, 2.05) is 66.9 Å². The van der Waals surface area contributed by atoms with Crippen LogP contribution in [0.4, 0.5) is 5.69 Å². The molecule has 0 saturated heterocycles. The summed E-state index contributed by atoms with van der Waals surface area (Å²) in [5.74, 6) is -0.376. The van der Waals surface area contributed by atoms with Crippen LogP contribution in [-0.2, 0) is 11.2 Å². The fourth-order valence-corrected chi connectivity index (χ4v) is 3.19. The highest BCUT2D eigenvalue weighted by molar-refractivity contribution is 5.89. The Kier molecular flexibility index (Phi) is 6.12. The van der Waals surface area contributed by atoms with Crippen molar-refractivity contribution < 1.29 is 9.72 Å². The molecule has 0 aliphatic rings. The lowest BCUT2D eigenvalue weighted by molar-refractivity contribution is -0.384. The van der Waals surface area contributed by atoms with Gasteiger partial charge in [0, 0.05) is 29.5 Å². The molecule has 158 valence electrons. The standard InChI is InChI=1S/C24H19N5O3/c30-23(15-18-8-7-13-22(14-18)29(31)32)26-25-16-20-17-28(21-11-5-2-6-12-21)27-24(20)19-9-3-1-4-10-19/h1-14,16-17H,15H2,(H,26,30)/b25-16+.